The number of rotatable bonds is 7. The predicted octanol–water partition coefficient (Wildman–Crippen LogP) is 2.13. The minimum Gasteiger partial charge on any atom is -0.312 e. The van der Waals surface area contributed by atoms with Crippen LogP contribution in [0.5, 0.6) is 0 Å². The first-order valence-electron chi connectivity index (χ1n) is 5.39. The first kappa shape index (κ1) is 13.7. The maximum absolute atomic E-state index is 3.98. The maximum Gasteiger partial charge on any atom is 0.0162 e. The molecule has 0 unspecified atom stereocenters. The second kappa shape index (κ2) is 6.20. The Morgan fingerprint density at radius 3 is 2.36 bits per heavy atom. The summed E-state index contributed by atoms with van der Waals surface area (Å²) in [7, 11) is 4.24. The van der Waals surface area contributed by atoms with E-state index in [2.05, 4.69) is 51.7 Å². The maximum atomic E-state index is 3.98. The van der Waals surface area contributed by atoms with E-state index < -0.39 is 0 Å². The Morgan fingerprint density at radius 1 is 1.36 bits per heavy atom. The average Bonchev–Trinajstić information content (AvgIpc) is 2.01. The Balaban J connectivity index is 3.70. The van der Waals surface area contributed by atoms with E-state index in [0.717, 1.165) is 26.1 Å². The molecule has 14 heavy (non-hydrogen) atoms. The summed E-state index contributed by atoms with van der Waals surface area (Å²) < 4.78 is 0. The fourth-order valence-electron chi connectivity index (χ4n) is 1.61. The lowest BCUT2D eigenvalue weighted by atomic mass is 9.93. The molecule has 0 bridgehead atoms. The van der Waals surface area contributed by atoms with Crippen molar-refractivity contribution in [3.63, 3.8) is 0 Å². The summed E-state index contributed by atoms with van der Waals surface area (Å²) in [6, 6.07) is 0. The van der Waals surface area contributed by atoms with Crippen molar-refractivity contribution in [1.29, 1.82) is 0 Å². The van der Waals surface area contributed by atoms with Gasteiger partial charge in [-0.05, 0) is 25.9 Å². The van der Waals surface area contributed by atoms with Crippen molar-refractivity contribution in [3.8, 4) is 0 Å². The summed E-state index contributed by atoms with van der Waals surface area (Å²) in [5.41, 5.74) is 1.61. The Labute approximate surface area is 89.4 Å². The van der Waals surface area contributed by atoms with Gasteiger partial charge in [0, 0.05) is 19.6 Å². The highest BCUT2D eigenvalue weighted by Crippen LogP contribution is 2.14. The summed E-state index contributed by atoms with van der Waals surface area (Å²) in [6.07, 6.45) is 1.07. The minimum atomic E-state index is 0.331. The SMILES string of the molecule is C=C(CC)CNCC(C)(C)CN(C)C. The van der Waals surface area contributed by atoms with Crippen molar-refractivity contribution in [1.82, 2.24) is 10.2 Å². The Morgan fingerprint density at radius 2 is 1.93 bits per heavy atom. The third-order valence-corrected chi connectivity index (χ3v) is 2.22. The lowest BCUT2D eigenvalue weighted by Gasteiger charge is -2.28. The number of hydrogen-bond acceptors (Lipinski definition) is 2. The molecule has 0 radical (unpaired) electrons. The van der Waals surface area contributed by atoms with Crippen LogP contribution in [0.15, 0.2) is 12.2 Å². The summed E-state index contributed by atoms with van der Waals surface area (Å²) >= 11 is 0. The minimum absolute atomic E-state index is 0.331. The van der Waals surface area contributed by atoms with Crippen molar-refractivity contribution in [2.75, 3.05) is 33.7 Å². The molecule has 0 atom stereocenters. The number of hydrogen-bond donors (Lipinski definition) is 1. The van der Waals surface area contributed by atoms with E-state index in [1.165, 1.54) is 5.57 Å². The molecule has 0 fully saturated rings. The van der Waals surface area contributed by atoms with Gasteiger partial charge in [0.25, 0.3) is 0 Å². The van der Waals surface area contributed by atoms with Crippen LogP contribution in [-0.4, -0.2) is 38.6 Å². The van der Waals surface area contributed by atoms with E-state index in [-0.39, 0.29) is 0 Å². The van der Waals surface area contributed by atoms with Crippen LogP contribution in [0, 0.1) is 5.41 Å². The number of nitrogens with zero attached hydrogens (tertiary/aromatic N) is 1. The third kappa shape index (κ3) is 7.10. The molecule has 0 spiro atoms. The molecular formula is C12H26N2. The first-order valence-corrected chi connectivity index (χ1v) is 5.39. The highest BCUT2D eigenvalue weighted by molar-refractivity contribution is 4.95. The van der Waals surface area contributed by atoms with E-state index in [1.807, 2.05) is 0 Å². The van der Waals surface area contributed by atoms with Crippen molar-refractivity contribution in [2.24, 2.45) is 5.41 Å². The van der Waals surface area contributed by atoms with E-state index in [4.69, 9.17) is 0 Å². The monoisotopic (exact) mass is 198 g/mol. The van der Waals surface area contributed by atoms with Crippen LogP contribution >= 0.6 is 0 Å². The molecule has 1 N–H and O–H groups in total. The second-order valence-electron chi connectivity index (χ2n) is 5.11. The summed E-state index contributed by atoms with van der Waals surface area (Å²) in [6.45, 7) is 13.8. The van der Waals surface area contributed by atoms with Gasteiger partial charge in [-0.1, -0.05) is 32.9 Å². The molecule has 2 heteroatoms. The molecule has 0 aliphatic heterocycles. The molecule has 84 valence electrons. The molecule has 0 heterocycles. The van der Waals surface area contributed by atoms with Gasteiger partial charge in [0.15, 0.2) is 0 Å². The fourth-order valence-corrected chi connectivity index (χ4v) is 1.61. The lowest BCUT2D eigenvalue weighted by Crippen LogP contribution is -2.38. The smallest absolute Gasteiger partial charge is 0.0162 e. The van der Waals surface area contributed by atoms with Gasteiger partial charge in [-0.2, -0.15) is 0 Å². The van der Waals surface area contributed by atoms with Crippen molar-refractivity contribution in [2.45, 2.75) is 27.2 Å². The van der Waals surface area contributed by atoms with Crippen LogP contribution in [0.3, 0.4) is 0 Å². The van der Waals surface area contributed by atoms with Gasteiger partial charge in [-0.25, -0.2) is 0 Å². The third-order valence-electron chi connectivity index (χ3n) is 2.22. The summed E-state index contributed by atoms with van der Waals surface area (Å²) in [5, 5.41) is 3.46. The van der Waals surface area contributed by atoms with Crippen molar-refractivity contribution < 1.29 is 0 Å². The molecule has 0 aromatic heterocycles. The molecule has 0 saturated heterocycles. The molecule has 0 rings (SSSR count). The van der Waals surface area contributed by atoms with E-state index in [9.17, 15) is 0 Å². The van der Waals surface area contributed by atoms with Gasteiger partial charge in [-0.3, -0.25) is 0 Å². The lowest BCUT2D eigenvalue weighted by molar-refractivity contribution is 0.234. The zero-order valence-electron chi connectivity index (χ0n) is 10.5. The van der Waals surface area contributed by atoms with Gasteiger partial charge in [0.2, 0.25) is 0 Å². The van der Waals surface area contributed by atoms with Crippen LogP contribution in [0.25, 0.3) is 0 Å². The van der Waals surface area contributed by atoms with Gasteiger partial charge in [0.05, 0.1) is 0 Å². The molecule has 0 aliphatic rings. The van der Waals surface area contributed by atoms with Crippen LogP contribution in [-0.2, 0) is 0 Å². The highest BCUT2D eigenvalue weighted by Gasteiger charge is 2.17. The van der Waals surface area contributed by atoms with Crippen LogP contribution < -0.4 is 5.32 Å². The first-order chi connectivity index (χ1) is 6.37. The fraction of sp³-hybridized carbons (Fsp3) is 0.833. The molecule has 0 amide bonds. The average molecular weight is 198 g/mol. The largest absolute Gasteiger partial charge is 0.312 e. The molecule has 0 aliphatic carbocycles. The van der Waals surface area contributed by atoms with Gasteiger partial charge in [-0.15, -0.1) is 0 Å². The van der Waals surface area contributed by atoms with Crippen LogP contribution in [0.1, 0.15) is 27.2 Å². The van der Waals surface area contributed by atoms with Crippen LogP contribution in [0.4, 0.5) is 0 Å². The Hall–Kier alpha value is -0.340. The van der Waals surface area contributed by atoms with E-state index in [1.54, 1.807) is 0 Å². The second-order valence-corrected chi connectivity index (χ2v) is 5.11. The molecule has 0 aromatic carbocycles. The Kier molecular flexibility index (Phi) is 6.05. The van der Waals surface area contributed by atoms with E-state index in [0.29, 0.717) is 5.41 Å². The zero-order chi connectivity index (χ0) is 11.2. The number of nitrogens with one attached hydrogen (secondary N) is 1. The van der Waals surface area contributed by atoms with Gasteiger partial charge < -0.3 is 10.2 Å². The van der Waals surface area contributed by atoms with Crippen molar-refractivity contribution >= 4 is 0 Å². The van der Waals surface area contributed by atoms with Crippen molar-refractivity contribution in [3.05, 3.63) is 12.2 Å². The van der Waals surface area contributed by atoms with Crippen LogP contribution in [0.2, 0.25) is 0 Å². The molecule has 2 nitrogen and oxygen atoms in total. The van der Waals surface area contributed by atoms with Gasteiger partial charge in [0.1, 0.15) is 0 Å². The molecular weight excluding hydrogens is 172 g/mol. The standard InChI is InChI=1S/C12H26N2/c1-7-11(2)8-13-9-12(3,4)10-14(5)6/h13H,2,7-10H2,1,3-6H3. The predicted molar refractivity (Wildman–Crippen MR) is 64.6 cm³/mol. The highest BCUT2D eigenvalue weighted by atomic mass is 15.1. The summed E-state index contributed by atoms with van der Waals surface area (Å²) in [5.74, 6) is 0. The summed E-state index contributed by atoms with van der Waals surface area (Å²) in [4.78, 5) is 2.23. The van der Waals surface area contributed by atoms with Gasteiger partial charge >= 0.3 is 0 Å². The quantitative estimate of drug-likeness (QED) is 0.630. The zero-order valence-corrected chi connectivity index (χ0v) is 10.5. The topological polar surface area (TPSA) is 15.3 Å². The molecule has 0 aromatic rings. The normalized spacial score (nSPS) is 12.1. The molecule has 0 saturated carbocycles. The Bertz CT molecular complexity index is 171. The van der Waals surface area contributed by atoms with E-state index >= 15 is 0 Å².